The van der Waals surface area contributed by atoms with Crippen LogP contribution in [0.15, 0.2) is 24.3 Å². The lowest BCUT2D eigenvalue weighted by molar-refractivity contribution is 0.0951. The second-order valence-electron chi connectivity index (χ2n) is 5.60. The zero-order valence-corrected chi connectivity index (χ0v) is 13.8. The molecule has 1 aromatic carbocycles. The number of amides is 1. The van der Waals surface area contributed by atoms with Crippen LogP contribution in [0.4, 0.5) is 0 Å². The Balaban J connectivity index is 1.47. The Morgan fingerprint density at radius 1 is 1.24 bits per heavy atom. The fourth-order valence-corrected chi connectivity index (χ4v) is 5.65. The molecule has 1 unspecified atom stereocenters. The van der Waals surface area contributed by atoms with Crippen molar-refractivity contribution in [2.45, 2.75) is 17.4 Å². The molecule has 0 aromatic heterocycles. The van der Waals surface area contributed by atoms with Crippen molar-refractivity contribution in [3.63, 3.8) is 0 Å². The van der Waals surface area contributed by atoms with Crippen molar-refractivity contribution in [3.05, 3.63) is 35.4 Å². The van der Waals surface area contributed by atoms with Gasteiger partial charge in [0.05, 0.1) is 4.58 Å². The summed E-state index contributed by atoms with van der Waals surface area (Å²) in [4.78, 5) is 12.1. The highest BCUT2D eigenvalue weighted by atomic mass is 32.2. The molecule has 0 aliphatic carbocycles. The number of carbonyl (C=O) groups is 1. The highest BCUT2D eigenvalue weighted by molar-refractivity contribution is 8.19. The maximum absolute atomic E-state index is 12.1. The molecule has 0 spiro atoms. The molecule has 0 bridgehead atoms. The van der Waals surface area contributed by atoms with Crippen molar-refractivity contribution in [2.24, 2.45) is 5.92 Å². The molecule has 0 radical (unpaired) electrons. The van der Waals surface area contributed by atoms with E-state index < -0.39 is 0 Å². The van der Waals surface area contributed by atoms with Gasteiger partial charge in [-0.15, -0.1) is 23.5 Å². The predicted molar refractivity (Wildman–Crippen MR) is 92.0 cm³/mol. The van der Waals surface area contributed by atoms with Crippen molar-refractivity contribution >= 4 is 29.4 Å². The summed E-state index contributed by atoms with van der Waals surface area (Å²) < 4.78 is 0.553. The lowest BCUT2D eigenvalue weighted by Gasteiger charge is -2.11. The van der Waals surface area contributed by atoms with Crippen LogP contribution in [-0.4, -0.2) is 37.0 Å². The number of hydrogen-bond donors (Lipinski definition) is 2. The van der Waals surface area contributed by atoms with Gasteiger partial charge in [0, 0.05) is 23.6 Å². The third-order valence-corrected chi connectivity index (χ3v) is 7.17. The maximum atomic E-state index is 12.1. The Kier molecular flexibility index (Phi) is 5.49. The van der Waals surface area contributed by atoms with Crippen LogP contribution in [0.3, 0.4) is 0 Å². The topological polar surface area (TPSA) is 41.1 Å². The summed E-state index contributed by atoms with van der Waals surface area (Å²) >= 11 is 3.99. The Morgan fingerprint density at radius 3 is 2.67 bits per heavy atom. The highest BCUT2D eigenvalue weighted by Gasteiger charge is 2.18. The van der Waals surface area contributed by atoms with Gasteiger partial charge in [0.15, 0.2) is 0 Å². The SMILES string of the molecule is O=C(NCCC1CCNC1)c1ccc(C2SCCS2)cc1. The van der Waals surface area contributed by atoms with E-state index in [9.17, 15) is 4.79 Å². The first-order chi connectivity index (χ1) is 10.3. The van der Waals surface area contributed by atoms with E-state index in [0.29, 0.717) is 4.58 Å². The van der Waals surface area contributed by atoms with Crippen LogP contribution in [-0.2, 0) is 0 Å². The summed E-state index contributed by atoms with van der Waals surface area (Å²) in [6.45, 7) is 3.00. The number of benzene rings is 1. The summed E-state index contributed by atoms with van der Waals surface area (Å²) in [5, 5.41) is 6.40. The zero-order chi connectivity index (χ0) is 14.5. The standard InChI is InChI=1S/C16H22N2OS2/c19-15(18-8-6-12-5-7-17-11-12)13-1-3-14(4-2-13)16-20-9-10-21-16/h1-4,12,16-17H,5-11H2,(H,18,19). The van der Waals surface area contributed by atoms with E-state index in [1.807, 2.05) is 35.7 Å². The largest absolute Gasteiger partial charge is 0.352 e. The summed E-state index contributed by atoms with van der Waals surface area (Å²) in [6, 6.07) is 8.13. The molecule has 1 amide bonds. The number of hydrogen-bond acceptors (Lipinski definition) is 4. The monoisotopic (exact) mass is 322 g/mol. The van der Waals surface area contributed by atoms with Crippen molar-refractivity contribution in [1.82, 2.24) is 10.6 Å². The Labute approximate surface area is 135 Å². The molecule has 21 heavy (non-hydrogen) atoms. The fraction of sp³-hybridized carbons (Fsp3) is 0.562. The summed E-state index contributed by atoms with van der Waals surface area (Å²) in [7, 11) is 0. The predicted octanol–water partition coefficient (Wildman–Crippen LogP) is 2.89. The second-order valence-corrected chi connectivity index (χ2v) is 8.32. The van der Waals surface area contributed by atoms with Gasteiger partial charge in [0.2, 0.25) is 0 Å². The Morgan fingerprint density at radius 2 is 2.00 bits per heavy atom. The van der Waals surface area contributed by atoms with Crippen LogP contribution in [0.1, 0.15) is 33.3 Å². The minimum Gasteiger partial charge on any atom is -0.352 e. The van der Waals surface area contributed by atoms with E-state index in [1.165, 1.54) is 23.5 Å². The molecule has 0 saturated carbocycles. The van der Waals surface area contributed by atoms with Gasteiger partial charge in [-0.05, 0) is 49.5 Å². The molecule has 3 nitrogen and oxygen atoms in total. The summed E-state index contributed by atoms with van der Waals surface area (Å²) in [5.74, 6) is 3.24. The quantitative estimate of drug-likeness (QED) is 0.874. The number of thioether (sulfide) groups is 2. The smallest absolute Gasteiger partial charge is 0.251 e. The van der Waals surface area contributed by atoms with Gasteiger partial charge in [-0.1, -0.05) is 12.1 Å². The van der Waals surface area contributed by atoms with Gasteiger partial charge < -0.3 is 10.6 Å². The fourth-order valence-electron chi connectivity index (χ4n) is 2.80. The molecule has 3 rings (SSSR count). The number of rotatable bonds is 5. The van der Waals surface area contributed by atoms with E-state index in [1.54, 1.807) is 0 Å². The third-order valence-electron chi connectivity index (χ3n) is 4.07. The van der Waals surface area contributed by atoms with Crippen LogP contribution in [0.2, 0.25) is 0 Å². The van der Waals surface area contributed by atoms with Crippen LogP contribution in [0.5, 0.6) is 0 Å². The molecule has 114 valence electrons. The van der Waals surface area contributed by atoms with Crippen LogP contribution < -0.4 is 10.6 Å². The molecule has 1 atom stereocenters. The molecule has 2 fully saturated rings. The molecule has 2 heterocycles. The van der Waals surface area contributed by atoms with Crippen LogP contribution in [0.25, 0.3) is 0 Å². The first-order valence-corrected chi connectivity index (χ1v) is 9.75. The molecular weight excluding hydrogens is 300 g/mol. The molecule has 2 aliphatic heterocycles. The lowest BCUT2D eigenvalue weighted by Crippen LogP contribution is -2.26. The van der Waals surface area contributed by atoms with Crippen molar-refractivity contribution < 1.29 is 4.79 Å². The summed E-state index contributed by atoms with van der Waals surface area (Å²) in [6.07, 6.45) is 2.31. The molecule has 2 N–H and O–H groups in total. The number of carbonyl (C=O) groups excluding carboxylic acids is 1. The molecule has 5 heteroatoms. The summed E-state index contributed by atoms with van der Waals surface area (Å²) in [5.41, 5.74) is 2.10. The normalized spacial score (nSPS) is 22.6. The molecular formula is C16H22N2OS2. The molecule has 1 aromatic rings. The van der Waals surface area contributed by atoms with Gasteiger partial charge in [0.25, 0.3) is 5.91 Å². The first-order valence-electron chi connectivity index (χ1n) is 7.65. The Bertz CT molecular complexity index is 466. The average Bonchev–Trinajstić information content (AvgIpc) is 3.21. The van der Waals surface area contributed by atoms with Crippen molar-refractivity contribution in [2.75, 3.05) is 31.1 Å². The van der Waals surface area contributed by atoms with Gasteiger partial charge in [0.1, 0.15) is 0 Å². The van der Waals surface area contributed by atoms with Crippen LogP contribution in [0, 0.1) is 5.92 Å². The minimum atomic E-state index is 0.0548. The van der Waals surface area contributed by atoms with Gasteiger partial charge in [-0.2, -0.15) is 0 Å². The highest BCUT2D eigenvalue weighted by Crippen LogP contribution is 2.45. The minimum absolute atomic E-state index is 0.0548. The van der Waals surface area contributed by atoms with E-state index in [-0.39, 0.29) is 5.91 Å². The lowest BCUT2D eigenvalue weighted by atomic mass is 10.1. The third kappa shape index (κ3) is 4.18. The van der Waals surface area contributed by atoms with E-state index in [0.717, 1.165) is 37.5 Å². The van der Waals surface area contributed by atoms with E-state index in [2.05, 4.69) is 22.8 Å². The average molecular weight is 322 g/mol. The zero-order valence-electron chi connectivity index (χ0n) is 12.1. The van der Waals surface area contributed by atoms with Crippen molar-refractivity contribution in [3.8, 4) is 0 Å². The first kappa shape index (κ1) is 15.3. The Hall–Kier alpha value is -0.650. The van der Waals surface area contributed by atoms with E-state index in [4.69, 9.17) is 0 Å². The van der Waals surface area contributed by atoms with Gasteiger partial charge in [-0.25, -0.2) is 0 Å². The maximum Gasteiger partial charge on any atom is 0.251 e. The molecule has 2 aliphatic rings. The van der Waals surface area contributed by atoms with Gasteiger partial charge >= 0.3 is 0 Å². The van der Waals surface area contributed by atoms with Crippen LogP contribution >= 0.6 is 23.5 Å². The number of nitrogens with one attached hydrogen (secondary N) is 2. The molecule has 2 saturated heterocycles. The van der Waals surface area contributed by atoms with Crippen molar-refractivity contribution in [1.29, 1.82) is 0 Å². The van der Waals surface area contributed by atoms with E-state index >= 15 is 0 Å². The van der Waals surface area contributed by atoms with Gasteiger partial charge in [-0.3, -0.25) is 4.79 Å². The second kappa shape index (κ2) is 7.56.